The normalized spacial score (nSPS) is 19.9. The SMILES string of the molecule is CC1(C)c2cccc3c2N2c4c1cccc4C1(c4cccc5c4B4c6c(cccc6C6(c7cccc1c74)c1cccc4c1N1c7c(cccc7C(C)(C)c7cccc6c71)C4(C)C)S5)c1cccc(c12)C3(C)C. The maximum absolute atomic E-state index is 2.75. The summed E-state index contributed by atoms with van der Waals surface area (Å²) in [5, 5.41) is 0. The molecule has 9 aromatic carbocycles. The third kappa shape index (κ3) is 3.72. The van der Waals surface area contributed by atoms with Gasteiger partial charge < -0.3 is 9.80 Å². The summed E-state index contributed by atoms with van der Waals surface area (Å²) < 4.78 is 0. The minimum absolute atomic E-state index is 0.0701. The second kappa shape index (κ2) is 11.8. The molecular weight excluding hydrogens is 888 g/mol. The van der Waals surface area contributed by atoms with Gasteiger partial charge in [-0.2, -0.15) is 0 Å². The van der Waals surface area contributed by atoms with Gasteiger partial charge in [-0.05, 0) is 101 Å². The average Bonchev–Trinajstić information content (AvgIpc) is 3.39. The van der Waals surface area contributed by atoms with Crippen LogP contribution in [0.3, 0.4) is 0 Å². The molecule has 18 rings (SSSR count). The zero-order valence-corrected chi connectivity index (χ0v) is 42.8. The Labute approximate surface area is 426 Å². The van der Waals surface area contributed by atoms with Crippen LogP contribution in [0.15, 0.2) is 174 Å². The van der Waals surface area contributed by atoms with E-state index in [0.717, 1.165) is 0 Å². The van der Waals surface area contributed by atoms with Gasteiger partial charge in [0.05, 0.1) is 45.0 Å². The van der Waals surface area contributed by atoms with Gasteiger partial charge in [-0.25, -0.2) is 0 Å². The molecule has 0 saturated heterocycles. The van der Waals surface area contributed by atoms with E-state index in [1.54, 1.807) is 0 Å². The molecule has 0 amide bonds. The lowest BCUT2D eigenvalue weighted by Gasteiger charge is -2.60. The van der Waals surface area contributed by atoms with E-state index in [-0.39, 0.29) is 28.4 Å². The topological polar surface area (TPSA) is 6.48 Å². The number of rotatable bonds is 0. The zero-order chi connectivity index (χ0) is 48.1. The minimum atomic E-state index is -0.618. The molecule has 9 heterocycles. The average molecular weight is 939 g/mol. The summed E-state index contributed by atoms with van der Waals surface area (Å²) in [6.07, 6.45) is 0. The van der Waals surface area contributed by atoms with E-state index in [0.29, 0.717) is 0 Å². The predicted octanol–water partition coefficient (Wildman–Crippen LogP) is 14.2. The Morgan fingerprint density at radius 2 is 0.472 bits per heavy atom. The Balaban J connectivity index is 1.05. The van der Waals surface area contributed by atoms with Crippen LogP contribution in [-0.4, -0.2) is 6.71 Å². The van der Waals surface area contributed by atoms with E-state index in [1.165, 1.54) is 149 Å². The van der Waals surface area contributed by atoms with Crippen LogP contribution in [0.2, 0.25) is 0 Å². The lowest BCUT2D eigenvalue weighted by Crippen LogP contribution is -2.70. The number of para-hydroxylation sites is 6. The van der Waals surface area contributed by atoms with Gasteiger partial charge in [0.2, 0.25) is 6.71 Å². The molecule has 9 aromatic rings. The van der Waals surface area contributed by atoms with Gasteiger partial charge in [-0.1, -0.05) is 235 Å². The van der Waals surface area contributed by atoms with Gasteiger partial charge in [0, 0.05) is 31.5 Å². The van der Waals surface area contributed by atoms with Crippen molar-refractivity contribution in [2.24, 2.45) is 0 Å². The quantitative estimate of drug-likeness (QED) is 0.140. The molecule has 9 aliphatic rings. The number of hydrogen-bond donors (Lipinski definition) is 0. The van der Waals surface area contributed by atoms with E-state index in [2.05, 4.69) is 229 Å². The van der Waals surface area contributed by atoms with Gasteiger partial charge in [-0.3, -0.25) is 0 Å². The molecule has 0 atom stereocenters. The fraction of sp³-hybridized carbons (Fsp3) is 0.206. The van der Waals surface area contributed by atoms with Gasteiger partial charge in [0.1, 0.15) is 0 Å². The van der Waals surface area contributed by atoms with Crippen molar-refractivity contribution in [3.8, 4) is 0 Å². The van der Waals surface area contributed by atoms with Crippen LogP contribution in [0.5, 0.6) is 0 Å². The molecular formula is C68H51BN2S. The molecule has 2 nitrogen and oxygen atoms in total. The van der Waals surface area contributed by atoms with E-state index in [1.807, 2.05) is 11.8 Å². The number of hydrogen-bond acceptors (Lipinski definition) is 3. The van der Waals surface area contributed by atoms with Crippen molar-refractivity contribution in [2.45, 2.75) is 97.7 Å². The number of nitrogens with zero attached hydrogens (tertiary/aromatic N) is 2. The zero-order valence-electron chi connectivity index (χ0n) is 42.0. The van der Waals surface area contributed by atoms with Crippen LogP contribution in [0, 0.1) is 0 Å². The summed E-state index contributed by atoms with van der Waals surface area (Å²) >= 11 is 2.01. The summed E-state index contributed by atoms with van der Waals surface area (Å²) in [5.41, 5.74) is 33.3. The van der Waals surface area contributed by atoms with Crippen LogP contribution >= 0.6 is 11.8 Å². The molecule has 0 aromatic heterocycles. The molecule has 0 radical (unpaired) electrons. The first-order chi connectivity index (χ1) is 34.8. The van der Waals surface area contributed by atoms with E-state index in [9.17, 15) is 0 Å². The smallest absolute Gasteiger partial charge is 0.245 e. The van der Waals surface area contributed by atoms with Crippen molar-refractivity contribution >= 4 is 69.0 Å². The molecule has 0 N–H and O–H groups in total. The highest BCUT2D eigenvalue weighted by Gasteiger charge is 2.64. The first-order valence-electron chi connectivity index (χ1n) is 26.3. The molecule has 72 heavy (non-hydrogen) atoms. The first-order valence-corrected chi connectivity index (χ1v) is 27.1. The Kier molecular flexibility index (Phi) is 6.46. The van der Waals surface area contributed by atoms with Crippen molar-refractivity contribution < 1.29 is 0 Å². The third-order valence-corrected chi connectivity index (χ3v) is 21.7. The van der Waals surface area contributed by atoms with E-state index in [4.69, 9.17) is 0 Å². The first kappa shape index (κ1) is 39.6. The molecule has 4 heteroatoms. The van der Waals surface area contributed by atoms with Crippen LogP contribution in [0.4, 0.5) is 34.1 Å². The van der Waals surface area contributed by atoms with Crippen molar-refractivity contribution in [3.05, 3.63) is 253 Å². The van der Waals surface area contributed by atoms with Crippen molar-refractivity contribution in [1.29, 1.82) is 0 Å². The third-order valence-electron chi connectivity index (χ3n) is 20.5. The lowest BCUT2D eigenvalue weighted by molar-refractivity contribution is 0.581. The van der Waals surface area contributed by atoms with Crippen molar-refractivity contribution in [3.63, 3.8) is 0 Å². The molecule has 9 aliphatic heterocycles. The van der Waals surface area contributed by atoms with E-state index < -0.39 is 10.8 Å². The van der Waals surface area contributed by atoms with E-state index >= 15 is 0 Å². The second-order valence-corrected chi connectivity index (χ2v) is 25.7. The molecule has 0 bridgehead atoms. The Bertz CT molecular complexity index is 3750. The van der Waals surface area contributed by atoms with Gasteiger partial charge >= 0.3 is 0 Å². The monoisotopic (exact) mass is 938 g/mol. The van der Waals surface area contributed by atoms with Crippen LogP contribution in [0.1, 0.15) is 144 Å². The lowest BCUT2D eigenvalue weighted by atomic mass is 9.25. The molecule has 342 valence electrons. The maximum Gasteiger partial charge on any atom is 0.245 e. The highest BCUT2D eigenvalue weighted by Crippen LogP contribution is 2.71. The summed E-state index contributed by atoms with van der Waals surface area (Å²) in [6.45, 7) is 19.9. The highest BCUT2D eigenvalue weighted by atomic mass is 32.2. The molecule has 0 unspecified atom stereocenters. The van der Waals surface area contributed by atoms with Crippen molar-refractivity contribution in [1.82, 2.24) is 0 Å². The van der Waals surface area contributed by atoms with Gasteiger partial charge in [0.25, 0.3) is 0 Å². The highest BCUT2D eigenvalue weighted by molar-refractivity contribution is 8.00. The number of anilines is 6. The van der Waals surface area contributed by atoms with Crippen LogP contribution in [0.25, 0.3) is 0 Å². The fourth-order valence-corrected chi connectivity index (χ4v) is 18.7. The summed E-state index contributed by atoms with van der Waals surface area (Å²) in [4.78, 5) is 8.28. The molecule has 0 fully saturated rings. The maximum atomic E-state index is 2.75. The Morgan fingerprint density at radius 3 is 0.750 bits per heavy atom. The van der Waals surface area contributed by atoms with Crippen LogP contribution < -0.4 is 26.2 Å². The molecule has 2 spiro atoms. The molecule has 0 saturated carbocycles. The largest absolute Gasteiger partial charge is 0.309 e. The summed E-state index contributed by atoms with van der Waals surface area (Å²) in [5.74, 6) is 0. The standard InChI is InChI=1S/C68H51BN2S/c1-63(2)40-22-10-23-41-57(40)70-59-44(63)26-12-30-48(59)67(49-31-13-27-45(60(49)70)64(41,3)4)36-18-9-19-37-54(36)69-55-38(67)20-16-34-52(55)72-53-35-17-21-39(56(53)69)68(37)50-32-14-28-46-61(50)71-58-42(65(46,5)6)24-11-25-43(58)66(7,8)47-29-15-33-51(68)62(47)71/h9-35H,1-8H3. The Morgan fingerprint density at radius 1 is 0.264 bits per heavy atom. The minimum Gasteiger partial charge on any atom is -0.309 e. The fourth-order valence-electron chi connectivity index (χ4n) is 17.5. The summed E-state index contributed by atoms with van der Waals surface area (Å²) in [7, 11) is 0. The second-order valence-electron chi connectivity index (χ2n) is 24.6. The van der Waals surface area contributed by atoms with Gasteiger partial charge in [-0.15, -0.1) is 0 Å². The van der Waals surface area contributed by atoms with Crippen molar-refractivity contribution in [2.75, 3.05) is 9.80 Å². The van der Waals surface area contributed by atoms with Gasteiger partial charge in [0.15, 0.2) is 0 Å². The Hall–Kier alpha value is -7.01. The predicted molar refractivity (Wildman–Crippen MR) is 297 cm³/mol. The molecule has 0 aliphatic carbocycles. The number of benzene rings is 9. The summed E-state index contributed by atoms with van der Waals surface area (Å²) in [6, 6.07) is 66.2. The number of fused-ring (bicyclic) bond motifs is 8. The van der Waals surface area contributed by atoms with Crippen LogP contribution in [-0.2, 0) is 32.5 Å².